The van der Waals surface area contributed by atoms with Crippen molar-refractivity contribution >= 4 is 45.3 Å². The predicted molar refractivity (Wildman–Crippen MR) is 105 cm³/mol. The summed E-state index contributed by atoms with van der Waals surface area (Å²) in [5.41, 5.74) is 1.84. The molecule has 2 heterocycles. The fourth-order valence-electron chi connectivity index (χ4n) is 3.20. The van der Waals surface area contributed by atoms with E-state index >= 15 is 0 Å². The molecule has 2 aromatic heterocycles. The molecule has 0 atom stereocenters. The number of anilines is 2. The first kappa shape index (κ1) is 17.3. The molecule has 10 nitrogen and oxygen atoms in total. The minimum Gasteiger partial charge on any atom is -0.329 e. The highest BCUT2D eigenvalue weighted by molar-refractivity contribution is 5.96. The van der Waals surface area contributed by atoms with Crippen molar-refractivity contribution in [2.75, 3.05) is 11.9 Å². The molecule has 0 saturated carbocycles. The summed E-state index contributed by atoms with van der Waals surface area (Å²) in [6, 6.07) is 10.2. The average Bonchev–Trinajstić information content (AvgIpc) is 3.06. The van der Waals surface area contributed by atoms with Gasteiger partial charge in [0.25, 0.3) is 5.69 Å². The Kier molecular flexibility index (Phi) is 3.88. The Bertz CT molecular complexity index is 1320. The SMILES string of the molecule is CN(c1ccc2cnn(C)c2c1)c1nc(=N)n(C=N)c2cc([N+](=O)[O-])ccc12. The minimum atomic E-state index is -0.502. The highest BCUT2D eigenvalue weighted by atomic mass is 16.6. The van der Waals surface area contributed by atoms with Gasteiger partial charge in [0, 0.05) is 42.7 Å². The zero-order valence-corrected chi connectivity index (χ0v) is 15.1. The Morgan fingerprint density at radius 3 is 2.71 bits per heavy atom. The number of hydrogen-bond donors (Lipinski definition) is 2. The van der Waals surface area contributed by atoms with Crippen molar-refractivity contribution in [3.05, 3.63) is 58.3 Å². The maximum absolute atomic E-state index is 11.2. The van der Waals surface area contributed by atoms with Crippen LogP contribution in [0.4, 0.5) is 17.2 Å². The molecular formula is C18H16N8O2. The molecule has 0 radical (unpaired) electrons. The third kappa shape index (κ3) is 2.58. The Morgan fingerprint density at radius 2 is 2.00 bits per heavy atom. The van der Waals surface area contributed by atoms with E-state index in [0.717, 1.165) is 22.9 Å². The van der Waals surface area contributed by atoms with Crippen molar-refractivity contribution < 1.29 is 4.92 Å². The molecule has 0 amide bonds. The second-order valence-electron chi connectivity index (χ2n) is 6.29. The molecule has 2 N–H and O–H groups in total. The number of nitro benzene ring substituents is 1. The van der Waals surface area contributed by atoms with Gasteiger partial charge in [-0.05, 0) is 24.3 Å². The summed E-state index contributed by atoms with van der Waals surface area (Å²) in [6.45, 7) is 0. The predicted octanol–water partition coefficient (Wildman–Crippen LogP) is 2.53. The number of hydrogen-bond acceptors (Lipinski definition) is 7. The van der Waals surface area contributed by atoms with Gasteiger partial charge in [0.15, 0.2) is 0 Å². The topological polar surface area (TPSA) is 130 Å². The summed E-state index contributed by atoms with van der Waals surface area (Å²) in [6.07, 6.45) is 2.70. The minimum absolute atomic E-state index is 0.112. The van der Waals surface area contributed by atoms with Crippen LogP contribution < -0.4 is 10.5 Å². The molecule has 4 aromatic rings. The van der Waals surface area contributed by atoms with Crippen LogP contribution in [0.15, 0.2) is 42.6 Å². The van der Waals surface area contributed by atoms with E-state index < -0.39 is 4.92 Å². The van der Waals surface area contributed by atoms with Crippen LogP contribution in [0.2, 0.25) is 0 Å². The van der Waals surface area contributed by atoms with E-state index in [2.05, 4.69) is 10.1 Å². The van der Waals surface area contributed by atoms with Gasteiger partial charge in [-0.3, -0.25) is 30.2 Å². The second-order valence-corrected chi connectivity index (χ2v) is 6.29. The number of nitrogens with zero attached hydrogens (tertiary/aromatic N) is 6. The van der Waals surface area contributed by atoms with Crippen LogP contribution in [0, 0.1) is 20.9 Å². The lowest BCUT2D eigenvalue weighted by Crippen LogP contribution is -2.26. The van der Waals surface area contributed by atoms with E-state index in [1.54, 1.807) is 16.9 Å². The summed E-state index contributed by atoms with van der Waals surface area (Å²) in [5.74, 6) is 0.467. The smallest absolute Gasteiger partial charge is 0.271 e. The standard InChI is InChI=1S/C18H16N8O2/c1-23(12-4-3-11-9-21-24(2)15(11)7-12)17-14-6-5-13(26(27)28)8-16(14)25(10-19)18(20)22-17/h3-10,19-20H,1-2H3. The molecule has 4 rings (SSSR count). The Hall–Kier alpha value is -4.08. The maximum Gasteiger partial charge on any atom is 0.271 e. The zero-order chi connectivity index (χ0) is 20.0. The lowest BCUT2D eigenvalue weighted by atomic mass is 10.1. The van der Waals surface area contributed by atoms with Gasteiger partial charge in [-0.25, -0.2) is 0 Å². The van der Waals surface area contributed by atoms with Crippen molar-refractivity contribution in [2.24, 2.45) is 7.05 Å². The molecule has 0 aliphatic carbocycles. The number of rotatable bonds is 4. The molecule has 10 heteroatoms. The van der Waals surface area contributed by atoms with Crippen LogP contribution in [0.5, 0.6) is 0 Å². The first-order chi connectivity index (χ1) is 13.4. The van der Waals surface area contributed by atoms with Gasteiger partial charge in [-0.1, -0.05) is 0 Å². The molecule has 2 aromatic carbocycles. The van der Waals surface area contributed by atoms with Gasteiger partial charge in [0.2, 0.25) is 5.62 Å². The number of nitrogens with one attached hydrogen (secondary N) is 2. The Labute approximate surface area is 158 Å². The third-order valence-corrected chi connectivity index (χ3v) is 4.70. The van der Waals surface area contributed by atoms with Crippen LogP contribution in [-0.4, -0.2) is 37.6 Å². The van der Waals surface area contributed by atoms with E-state index in [1.165, 1.54) is 16.7 Å². The first-order valence-electron chi connectivity index (χ1n) is 8.32. The number of nitro groups is 1. The fourth-order valence-corrected chi connectivity index (χ4v) is 3.20. The van der Waals surface area contributed by atoms with Crippen LogP contribution in [0.3, 0.4) is 0 Å². The number of aromatic nitrogens is 4. The maximum atomic E-state index is 11.2. The lowest BCUT2D eigenvalue weighted by molar-refractivity contribution is -0.384. The summed E-state index contributed by atoms with van der Waals surface area (Å²) in [5, 5.41) is 32.7. The zero-order valence-electron chi connectivity index (χ0n) is 15.1. The van der Waals surface area contributed by atoms with Gasteiger partial charge >= 0.3 is 0 Å². The van der Waals surface area contributed by atoms with Crippen LogP contribution in [-0.2, 0) is 7.05 Å². The average molecular weight is 376 g/mol. The van der Waals surface area contributed by atoms with Gasteiger partial charge in [-0.2, -0.15) is 10.1 Å². The quantitative estimate of drug-likeness (QED) is 0.245. The summed E-state index contributed by atoms with van der Waals surface area (Å²) >= 11 is 0. The van der Waals surface area contributed by atoms with Gasteiger partial charge in [0.1, 0.15) is 5.82 Å². The molecule has 0 fully saturated rings. The van der Waals surface area contributed by atoms with Crippen molar-refractivity contribution in [3.63, 3.8) is 0 Å². The molecule has 0 bridgehead atoms. The van der Waals surface area contributed by atoms with E-state index in [0.29, 0.717) is 16.7 Å². The highest BCUT2D eigenvalue weighted by Gasteiger charge is 2.17. The highest BCUT2D eigenvalue weighted by Crippen LogP contribution is 2.31. The van der Waals surface area contributed by atoms with E-state index in [1.807, 2.05) is 37.2 Å². The summed E-state index contributed by atoms with van der Waals surface area (Å²) in [7, 11) is 3.67. The number of non-ortho nitro benzene ring substituents is 1. The molecular weight excluding hydrogens is 360 g/mol. The normalized spacial score (nSPS) is 11.1. The van der Waals surface area contributed by atoms with E-state index in [9.17, 15) is 10.1 Å². The molecule has 0 unspecified atom stereocenters. The fraction of sp³-hybridized carbons (Fsp3) is 0.111. The molecule has 28 heavy (non-hydrogen) atoms. The largest absolute Gasteiger partial charge is 0.329 e. The monoisotopic (exact) mass is 376 g/mol. The van der Waals surface area contributed by atoms with E-state index in [4.69, 9.17) is 10.8 Å². The van der Waals surface area contributed by atoms with Crippen LogP contribution >= 0.6 is 0 Å². The number of fused-ring (bicyclic) bond motifs is 2. The molecule has 0 aliphatic rings. The Balaban J connectivity index is 1.96. The third-order valence-electron chi connectivity index (χ3n) is 4.70. The van der Waals surface area contributed by atoms with E-state index in [-0.39, 0.29) is 11.3 Å². The van der Waals surface area contributed by atoms with Crippen molar-refractivity contribution in [1.82, 2.24) is 19.3 Å². The van der Waals surface area contributed by atoms with Crippen molar-refractivity contribution in [3.8, 4) is 0 Å². The van der Waals surface area contributed by atoms with Crippen LogP contribution in [0.1, 0.15) is 0 Å². The molecule has 0 saturated heterocycles. The van der Waals surface area contributed by atoms with Gasteiger partial charge < -0.3 is 4.90 Å². The Morgan fingerprint density at radius 1 is 1.21 bits per heavy atom. The van der Waals surface area contributed by atoms with Crippen molar-refractivity contribution in [2.45, 2.75) is 0 Å². The van der Waals surface area contributed by atoms with Gasteiger partial charge in [0.05, 0.1) is 28.5 Å². The van der Waals surface area contributed by atoms with Crippen LogP contribution in [0.25, 0.3) is 21.8 Å². The molecule has 0 spiro atoms. The number of benzene rings is 2. The molecule has 140 valence electrons. The summed E-state index contributed by atoms with van der Waals surface area (Å²) in [4.78, 5) is 16.8. The lowest BCUT2D eigenvalue weighted by Gasteiger charge is -2.21. The van der Waals surface area contributed by atoms with Crippen molar-refractivity contribution in [1.29, 1.82) is 10.8 Å². The number of aryl methyl sites for hydroxylation is 1. The first-order valence-corrected chi connectivity index (χ1v) is 8.32. The summed E-state index contributed by atoms with van der Waals surface area (Å²) < 4.78 is 2.97. The molecule has 0 aliphatic heterocycles. The second kappa shape index (κ2) is 6.27. The van der Waals surface area contributed by atoms with Gasteiger partial charge in [-0.15, -0.1) is 0 Å².